The number of nitrogens with one attached hydrogen (secondary N) is 1. The summed E-state index contributed by atoms with van der Waals surface area (Å²) < 4.78 is 42.4. The number of hydrogen-bond donors (Lipinski definition) is 1. The smallest absolute Gasteiger partial charge is 0.381 e. The summed E-state index contributed by atoms with van der Waals surface area (Å²) in [5.41, 5.74) is 0. The molecule has 7 heteroatoms. The van der Waals surface area contributed by atoms with E-state index >= 15 is 0 Å². The number of hydrogen-bond acceptors (Lipinski definition) is 4. The summed E-state index contributed by atoms with van der Waals surface area (Å²) in [7, 11) is 1.95. The third-order valence-corrected chi connectivity index (χ3v) is 4.23. The second kappa shape index (κ2) is 7.06. The number of likely N-dealkylation sites (N-methyl/N-ethyl adjacent to an activating group) is 1. The number of ether oxygens (including phenoxy) is 1. The average Bonchev–Trinajstić information content (AvgIpc) is 2.90. The molecule has 0 bridgehead atoms. The van der Waals surface area contributed by atoms with E-state index in [1.165, 1.54) is 4.90 Å². The molecule has 0 amide bonds. The molecule has 20 heavy (non-hydrogen) atoms. The van der Waals surface area contributed by atoms with Crippen molar-refractivity contribution in [1.82, 2.24) is 15.1 Å². The molecule has 118 valence electrons. The van der Waals surface area contributed by atoms with Crippen LogP contribution in [0.3, 0.4) is 0 Å². The lowest BCUT2D eigenvalue weighted by Crippen LogP contribution is -2.53. The van der Waals surface area contributed by atoms with Gasteiger partial charge in [-0.2, -0.15) is 13.2 Å². The molecule has 1 N–H and O–H groups in total. The lowest BCUT2D eigenvalue weighted by Gasteiger charge is -2.37. The number of nitrogens with zero attached hydrogens (tertiary/aromatic N) is 2. The molecule has 0 spiro atoms. The van der Waals surface area contributed by atoms with Crippen molar-refractivity contribution < 1.29 is 17.9 Å². The third kappa shape index (κ3) is 4.87. The normalized spacial score (nSPS) is 27.9. The molecule has 2 unspecified atom stereocenters. The van der Waals surface area contributed by atoms with E-state index < -0.39 is 12.7 Å². The summed E-state index contributed by atoms with van der Waals surface area (Å²) >= 11 is 0. The Balaban J connectivity index is 1.73. The highest BCUT2D eigenvalue weighted by atomic mass is 19.4. The molecule has 0 saturated carbocycles. The van der Waals surface area contributed by atoms with Gasteiger partial charge >= 0.3 is 6.18 Å². The number of alkyl halides is 3. The maximum absolute atomic E-state index is 12.3. The van der Waals surface area contributed by atoms with Crippen LogP contribution in [0.25, 0.3) is 0 Å². The Morgan fingerprint density at radius 1 is 1.20 bits per heavy atom. The van der Waals surface area contributed by atoms with Crippen LogP contribution < -0.4 is 5.32 Å². The molecule has 0 radical (unpaired) electrons. The molecule has 0 aromatic carbocycles. The lowest BCUT2D eigenvalue weighted by molar-refractivity contribution is -0.149. The van der Waals surface area contributed by atoms with Crippen LogP contribution in [-0.2, 0) is 4.74 Å². The molecule has 2 aliphatic heterocycles. The molecule has 4 nitrogen and oxygen atoms in total. The third-order valence-electron chi connectivity index (χ3n) is 4.23. The Labute approximate surface area is 118 Å². The van der Waals surface area contributed by atoms with Crippen molar-refractivity contribution in [3.63, 3.8) is 0 Å². The van der Waals surface area contributed by atoms with Crippen molar-refractivity contribution in [2.75, 3.05) is 59.5 Å². The van der Waals surface area contributed by atoms with Crippen LogP contribution in [0, 0.1) is 5.92 Å². The first-order valence-corrected chi connectivity index (χ1v) is 7.24. The van der Waals surface area contributed by atoms with Gasteiger partial charge in [-0.1, -0.05) is 0 Å². The van der Waals surface area contributed by atoms with Gasteiger partial charge in [0.25, 0.3) is 0 Å². The van der Waals surface area contributed by atoms with Gasteiger partial charge in [-0.3, -0.25) is 9.80 Å². The van der Waals surface area contributed by atoms with Crippen molar-refractivity contribution in [2.24, 2.45) is 5.92 Å². The summed E-state index contributed by atoms with van der Waals surface area (Å²) in [4.78, 5) is 3.75. The highest BCUT2D eigenvalue weighted by Gasteiger charge is 2.33. The highest BCUT2D eigenvalue weighted by Crippen LogP contribution is 2.20. The van der Waals surface area contributed by atoms with Crippen LogP contribution >= 0.6 is 0 Å². The molecule has 0 aliphatic carbocycles. The van der Waals surface area contributed by atoms with Crippen LogP contribution in [0.4, 0.5) is 13.2 Å². The zero-order chi connectivity index (χ0) is 14.6. The molecule has 0 aromatic rings. The van der Waals surface area contributed by atoms with Crippen LogP contribution in [0.15, 0.2) is 0 Å². The van der Waals surface area contributed by atoms with Crippen molar-refractivity contribution in [2.45, 2.75) is 18.6 Å². The Kier molecular flexibility index (Phi) is 5.65. The van der Waals surface area contributed by atoms with E-state index in [4.69, 9.17) is 4.74 Å². The lowest BCUT2D eigenvalue weighted by atomic mass is 9.98. The summed E-state index contributed by atoms with van der Waals surface area (Å²) in [6, 6.07) is 0.367. The van der Waals surface area contributed by atoms with Crippen molar-refractivity contribution in [3.05, 3.63) is 0 Å². The molecular formula is C13H24F3N3O. The van der Waals surface area contributed by atoms with Gasteiger partial charge in [0.2, 0.25) is 0 Å². The van der Waals surface area contributed by atoms with E-state index in [1.54, 1.807) is 0 Å². The van der Waals surface area contributed by atoms with Crippen molar-refractivity contribution >= 4 is 0 Å². The minimum atomic E-state index is -4.09. The predicted molar refractivity (Wildman–Crippen MR) is 70.7 cm³/mol. The molecule has 2 aliphatic rings. The van der Waals surface area contributed by atoms with Crippen LogP contribution in [0.2, 0.25) is 0 Å². The quantitative estimate of drug-likeness (QED) is 0.812. The van der Waals surface area contributed by atoms with E-state index in [0.717, 1.165) is 26.2 Å². The van der Waals surface area contributed by atoms with Crippen molar-refractivity contribution in [3.8, 4) is 0 Å². The maximum atomic E-state index is 12.3. The molecule has 2 atom stereocenters. The van der Waals surface area contributed by atoms with E-state index in [2.05, 4.69) is 10.2 Å². The SMILES string of the molecule is CNC(CN1CCN(CC(F)(F)F)CC1)C1CCOC1. The standard InChI is InChI=1S/C13H24F3N3O/c1-17-12(11-2-7-20-9-11)8-18-3-5-19(6-4-18)10-13(14,15)16/h11-12,17H,2-10H2,1H3. The first kappa shape index (κ1) is 16.0. The Morgan fingerprint density at radius 2 is 1.85 bits per heavy atom. The Hall–Kier alpha value is -0.370. The molecule has 2 heterocycles. The van der Waals surface area contributed by atoms with Gasteiger partial charge < -0.3 is 10.1 Å². The predicted octanol–water partition coefficient (Wildman–Crippen LogP) is 0.791. The zero-order valence-corrected chi connectivity index (χ0v) is 12.0. The highest BCUT2D eigenvalue weighted by molar-refractivity contribution is 4.83. The van der Waals surface area contributed by atoms with Gasteiger partial charge in [0.05, 0.1) is 13.2 Å². The first-order valence-electron chi connectivity index (χ1n) is 7.24. The summed E-state index contributed by atoms with van der Waals surface area (Å²) in [6.45, 7) is 4.14. The fourth-order valence-corrected chi connectivity index (χ4v) is 3.01. The van der Waals surface area contributed by atoms with Gasteiger partial charge in [-0.05, 0) is 13.5 Å². The molecule has 2 fully saturated rings. The topological polar surface area (TPSA) is 27.7 Å². The molecule has 2 rings (SSSR count). The fourth-order valence-electron chi connectivity index (χ4n) is 3.01. The average molecular weight is 295 g/mol. The van der Waals surface area contributed by atoms with E-state index in [9.17, 15) is 13.2 Å². The van der Waals surface area contributed by atoms with Crippen LogP contribution in [0.1, 0.15) is 6.42 Å². The van der Waals surface area contributed by atoms with Gasteiger partial charge in [0.15, 0.2) is 0 Å². The van der Waals surface area contributed by atoms with Gasteiger partial charge in [0, 0.05) is 51.3 Å². The van der Waals surface area contributed by atoms with E-state index in [0.29, 0.717) is 38.1 Å². The first-order chi connectivity index (χ1) is 9.48. The van der Waals surface area contributed by atoms with Gasteiger partial charge in [-0.15, -0.1) is 0 Å². The van der Waals surface area contributed by atoms with E-state index in [1.807, 2.05) is 7.05 Å². The monoisotopic (exact) mass is 295 g/mol. The van der Waals surface area contributed by atoms with Gasteiger partial charge in [-0.25, -0.2) is 0 Å². The number of halogens is 3. The number of rotatable bonds is 5. The minimum Gasteiger partial charge on any atom is -0.381 e. The summed E-state index contributed by atoms with van der Waals surface area (Å²) in [6.07, 6.45) is -3.02. The Morgan fingerprint density at radius 3 is 2.35 bits per heavy atom. The summed E-state index contributed by atoms with van der Waals surface area (Å²) in [5, 5.41) is 3.33. The van der Waals surface area contributed by atoms with Crippen LogP contribution in [-0.4, -0.2) is 81.5 Å². The Bertz CT molecular complexity index is 287. The van der Waals surface area contributed by atoms with Crippen molar-refractivity contribution in [1.29, 1.82) is 0 Å². The molecular weight excluding hydrogens is 271 g/mol. The zero-order valence-electron chi connectivity index (χ0n) is 12.0. The van der Waals surface area contributed by atoms with Crippen LogP contribution in [0.5, 0.6) is 0 Å². The largest absolute Gasteiger partial charge is 0.401 e. The molecule has 2 saturated heterocycles. The minimum absolute atomic E-state index is 0.367. The van der Waals surface area contributed by atoms with E-state index in [-0.39, 0.29) is 0 Å². The maximum Gasteiger partial charge on any atom is 0.401 e. The molecule has 0 aromatic heterocycles. The summed E-state index contributed by atoms with van der Waals surface area (Å²) in [5.74, 6) is 0.521. The second-order valence-corrected chi connectivity index (χ2v) is 5.71. The number of piperazine rings is 1. The van der Waals surface area contributed by atoms with Gasteiger partial charge in [0.1, 0.15) is 0 Å². The second-order valence-electron chi connectivity index (χ2n) is 5.71. The fraction of sp³-hybridized carbons (Fsp3) is 1.00.